The van der Waals surface area contributed by atoms with Gasteiger partial charge in [-0.05, 0) is 11.6 Å². The lowest BCUT2D eigenvalue weighted by Gasteiger charge is -2.19. The Balaban J connectivity index is 2.65. The van der Waals surface area contributed by atoms with Gasteiger partial charge in [0.15, 0.2) is 11.6 Å². The topological polar surface area (TPSA) is 51.2 Å². The van der Waals surface area contributed by atoms with E-state index in [1.165, 1.54) is 12.1 Å². The second-order valence-electron chi connectivity index (χ2n) is 6.28. The lowest BCUT2D eigenvalue weighted by molar-refractivity contribution is 0.0853. The first-order chi connectivity index (χ1) is 10.7. The first kappa shape index (κ1) is 17.1. The summed E-state index contributed by atoms with van der Waals surface area (Å²) in [6.07, 6.45) is 0. The quantitative estimate of drug-likeness (QED) is 0.612. The van der Waals surface area contributed by atoms with E-state index in [4.69, 9.17) is 11.6 Å². The van der Waals surface area contributed by atoms with Gasteiger partial charge in [0.1, 0.15) is 0 Å². The Kier molecular flexibility index (Phi) is 4.81. The van der Waals surface area contributed by atoms with Gasteiger partial charge in [-0.15, -0.1) is 0 Å². The van der Waals surface area contributed by atoms with E-state index in [1.54, 1.807) is 57.2 Å². The minimum atomic E-state index is -0.808. The lowest BCUT2D eigenvalue weighted by Crippen LogP contribution is -2.23. The second kappa shape index (κ2) is 6.47. The van der Waals surface area contributed by atoms with Crippen molar-refractivity contribution in [1.29, 1.82) is 0 Å². The summed E-state index contributed by atoms with van der Waals surface area (Å²) < 4.78 is 0. The zero-order valence-corrected chi connectivity index (χ0v) is 14.0. The van der Waals surface area contributed by atoms with Crippen LogP contribution in [0, 0.1) is 5.41 Å². The van der Waals surface area contributed by atoms with Crippen molar-refractivity contribution >= 4 is 28.4 Å². The smallest absolute Gasteiger partial charge is 0.253 e. The van der Waals surface area contributed by atoms with Crippen LogP contribution in [0.2, 0.25) is 0 Å². The van der Waals surface area contributed by atoms with Gasteiger partial charge in [0.2, 0.25) is 0 Å². The number of ketones is 2. The molecule has 0 aliphatic rings. The molecule has 2 aromatic rings. The number of Topliss-reactive ketones (excluding diaryl/α,β-unsaturated/α-hetero) is 1. The highest BCUT2D eigenvalue weighted by Crippen LogP contribution is 2.27. The summed E-state index contributed by atoms with van der Waals surface area (Å²) >= 11 is 5.70. The van der Waals surface area contributed by atoms with Crippen molar-refractivity contribution in [2.75, 3.05) is 0 Å². The van der Waals surface area contributed by atoms with Crippen LogP contribution in [0.4, 0.5) is 0 Å². The maximum Gasteiger partial charge on any atom is 0.253 e. The molecule has 4 heteroatoms. The molecule has 0 radical (unpaired) electrons. The van der Waals surface area contributed by atoms with E-state index < -0.39 is 10.7 Å². The minimum Gasteiger partial charge on any atom is -0.294 e. The number of carbonyl (C=O) groups is 3. The number of halogens is 1. The molecule has 0 bridgehead atoms. The highest BCUT2D eigenvalue weighted by molar-refractivity contribution is 6.68. The third-order valence-corrected chi connectivity index (χ3v) is 3.66. The Morgan fingerprint density at radius 2 is 1.39 bits per heavy atom. The molecular weight excluding hydrogens is 312 g/mol. The summed E-state index contributed by atoms with van der Waals surface area (Å²) in [7, 11) is 0. The molecule has 0 unspecified atom stereocenters. The molecular formula is C19H17ClO3. The normalized spacial score (nSPS) is 11.1. The van der Waals surface area contributed by atoms with Gasteiger partial charge in [0.05, 0.1) is 5.56 Å². The summed E-state index contributed by atoms with van der Waals surface area (Å²) in [6.45, 7) is 5.26. The molecule has 0 saturated heterocycles. The molecule has 0 saturated carbocycles. The van der Waals surface area contributed by atoms with E-state index in [1.807, 2.05) is 0 Å². The van der Waals surface area contributed by atoms with Gasteiger partial charge in [-0.3, -0.25) is 14.4 Å². The standard InChI is InChI=1S/C19H17ClO3/c1-19(2,3)17(22)14-11-7-10-13(15(14)18(20)23)16(21)12-8-5-4-6-9-12/h4-11H,1-3H3. The number of rotatable bonds is 4. The van der Waals surface area contributed by atoms with Gasteiger partial charge >= 0.3 is 0 Å². The van der Waals surface area contributed by atoms with Crippen LogP contribution in [0.1, 0.15) is 57.4 Å². The molecule has 23 heavy (non-hydrogen) atoms. The third-order valence-electron chi connectivity index (χ3n) is 3.47. The van der Waals surface area contributed by atoms with Crippen LogP contribution in [-0.4, -0.2) is 16.8 Å². The summed E-state index contributed by atoms with van der Waals surface area (Å²) in [6, 6.07) is 13.2. The molecule has 0 aliphatic carbocycles. The third kappa shape index (κ3) is 3.57. The van der Waals surface area contributed by atoms with Crippen LogP contribution in [0.25, 0.3) is 0 Å². The Labute approximate surface area is 140 Å². The van der Waals surface area contributed by atoms with Crippen molar-refractivity contribution in [1.82, 2.24) is 0 Å². The number of benzene rings is 2. The minimum absolute atomic E-state index is 0.0251. The highest BCUT2D eigenvalue weighted by atomic mass is 35.5. The first-order valence-electron chi connectivity index (χ1n) is 7.21. The molecule has 0 amide bonds. The molecule has 0 aromatic heterocycles. The lowest BCUT2D eigenvalue weighted by atomic mass is 9.83. The van der Waals surface area contributed by atoms with Crippen LogP contribution in [0.15, 0.2) is 48.5 Å². The van der Waals surface area contributed by atoms with E-state index >= 15 is 0 Å². The fourth-order valence-corrected chi connectivity index (χ4v) is 2.50. The maximum absolute atomic E-state index is 12.7. The molecule has 118 valence electrons. The summed E-state index contributed by atoms with van der Waals surface area (Å²) in [5.74, 6) is -0.567. The van der Waals surface area contributed by atoms with E-state index in [9.17, 15) is 14.4 Å². The molecule has 0 atom stereocenters. The van der Waals surface area contributed by atoms with E-state index in [0.717, 1.165) is 0 Å². The van der Waals surface area contributed by atoms with Gasteiger partial charge in [-0.25, -0.2) is 0 Å². The predicted molar refractivity (Wildman–Crippen MR) is 90.3 cm³/mol. The van der Waals surface area contributed by atoms with Crippen molar-refractivity contribution in [2.45, 2.75) is 20.8 Å². The monoisotopic (exact) mass is 328 g/mol. The zero-order valence-electron chi connectivity index (χ0n) is 13.2. The van der Waals surface area contributed by atoms with Crippen LogP contribution >= 0.6 is 11.6 Å². The molecule has 0 fully saturated rings. The number of hydrogen-bond donors (Lipinski definition) is 0. The maximum atomic E-state index is 12.7. The van der Waals surface area contributed by atoms with E-state index in [2.05, 4.69) is 0 Å². The summed E-state index contributed by atoms with van der Waals surface area (Å²) in [4.78, 5) is 37.2. The van der Waals surface area contributed by atoms with Crippen LogP contribution < -0.4 is 0 Å². The van der Waals surface area contributed by atoms with Gasteiger partial charge in [-0.1, -0.05) is 69.3 Å². The molecule has 3 nitrogen and oxygen atoms in total. The summed E-state index contributed by atoms with van der Waals surface area (Å²) in [5, 5.41) is -0.808. The second-order valence-corrected chi connectivity index (χ2v) is 6.62. The molecule has 0 spiro atoms. The van der Waals surface area contributed by atoms with Gasteiger partial charge < -0.3 is 0 Å². The number of hydrogen-bond acceptors (Lipinski definition) is 3. The van der Waals surface area contributed by atoms with Crippen molar-refractivity contribution in [2.24, 2.45) is 5.41 Å². The molecule has 0 N–H and O–H groups in total. The van der Waals surface area contributed by atoms with Crippen molar-refractivity contribution in [3.63, 3.8) is 0 Å². The highest BCUT2D eigenvalue weighted by Gasteiger charge is 2.29. The zero-order chi connectivity index (χ0) is 17.2. The van der Waals surface area contributed by atoms with Crippen LogP contribution in [0.5, 0.6) is 0 Å². The Morgan fingerprint density at radius 3 is 1.91 bits per heavy atom. The Hall–Kier alpha value is -2.26. The van der Waals surface area contributed by atoms with Gasteiger partial charge in [0, 0.05) is 22.1 Å². The van der Waals surface area contributed by atoms with E-state index in [0.29, 0.717) is 5.56 Å². The van der Waals surface area contributed by atoms with Crippen LogP contribution in [0.3, 0.4) is 0 Å². The average molecular weight is 329 g/mol. The SMILES string of the molecule is CC(C)(C)C(=O)c1cccc(C(=O)c2ccccc2)c1C(=O)Cl. The predicted octanol–water partition coefficient (Wildman–Crippen LogP) is 4.53. The molecule has 0 aliphatic heterocycles. The van der Waals surface area contributed by atoms with Crippen molar-refractivity contribution in [3.8, 4) is 0 Å². The fourth-order valence-electron chi connectivity index (χ4n) is 2.29. The molecule has 0 heterocycles. The average Bonchev–Trinajstić information content (AvgIpc) is 2.52. The van der Waals surface area contributed by atoms with Gasteiger partial charge in [0.25, 0.3) is 5.24 Å². The largest absolute Gasteiger partial charge is 0.294 e. The van der Waals surface area contributed by atoms with Crippen molar-refractivity contribution < 1.29 is 14.4 Å². The van der Waals surface area contributed by atoms with Crippen LogP contribution in [-0.2, 0) is 0 Å². The Bertz CT molecular complexity index is 771. The van der Waals surface area contributed by atoms with E-state index in [-0.39, 0.29) is 28.3 Å². The summed E-state index contributed by atoms with van der Waals surface area (Å²) in [5.41, 5.74) is 0.0516. The first-order valence-corrected chi connectivity index (χ1v) is 7.58. The Morgan fingerprint density at radius 1 is 0.826 bits per heavy atom. The molecule has 2 aromatic carbocycles. The van der Waals surface area contributed by atoms with Gasteiger partial charge in [-0.2, -0.15) is 0 Å². The fraction of sp³-hybridized carbons (Fsp3) is 0.211. The molecule has 2 rings (SSSR count). The van der Waals surface area contributed by atoms with Crippen molar-refractivity contribution in [3.05, 3.63) is 70.8 Å². The number of carbonyl (C=O) groups excluding carboxylic acids is 3.